The van der Waals surface area contributed by atoms with Gasteiger partial charge in [-0.1, -0.05) is 0 Å². The molecule has 2 aliphatic heterocycles. The van der Waals surface area contributed by atoms with Gasteiger partial charge in [0.05, 0.1) is 6.61 Å². The van der Waals surface area contributed by atoms with Crippen molar-refractivity contribution in [2.45, 2.75) is 38.3 Å². The minimum absolute atomic E-state index is 0.273. The maximum atomic E-state index is 11.4. The summed E-state index contributed by atoms with van der Waals surface area (Å²) in [5.41, 5.74) is 0. The van der Waals surface area contributed by atoms with Crippen molar-refractivity contribution in [3.63, 3.8) is 0 Å². The maximum absolute atomic E-state index is 11.4. The van der Waals surface area contributed by atoms with E-state index in [1.165, 1.54) is 0 Å². The van der Waals surface area contributed by atoms with Crippen LogP contribution in [0.4, 0.5) is 0 Å². The predicted octanol–water partition coefficient (Wildman–Crippen LogP) is 0.622. The van der Waals surface area contributed by atoms with Crippen LogP contribution in [0.25, 0.3) is 0 Å². The lowest BCUT2D eigenvalue weighted by molar-refractivity contribution is -0.132. The number of rotatable bonds is 3. The number of amides is 1. The molecule has 92 valence electrons. The molecule has 0 aliphatic carbocycles. The van der Waals surface area contributed by atoms with Crippen molar-refractivity contribution in [2.75, 3.05) is 26.8 Å². The summed E-state index contributed by atoms with van der Waals surface area (Å²) in [6.07, 6.45) is 2.82. The zero-order valence-electron chi connectivity index (χ0n) is 10.2. The Labute approximate surface area is 97.3 Å². The Morgan fingerprint density at radius 2 is 2.31 bits per heavy atom. The second-order valence-electron chi connectivity index (χ2n) is 5.09. The van der Waals surface area contributed by atoms with E-state index >= 15 is 0 Å². The number of nitrogens with one attached hydrogen (secondary N) is 1. The molecule has 2 fully saturated rings. The Balaban J connectivity index is 1.78. The number of nitrogens with zero attached hydrogens (tertiary/aromatic N) is 1. The molecular formula is C12H22N2O2. The Morgan fingerprint density at radius 1 is 1.50 bits per heavy atom. The second kappa shape index (κ2) is 5.15. The lowest BCUT2D eigenvalue weighted by Crippen LogP contribution is -2.50. The topological polar surface area (TPSA) is 41.6 Å². The van der Waals surface area contributed by atoms with Crippen LogP contribution in [0.2, 0.25) is 0 Å². The smallest absolute Gasteiger partial charge is 0.222 e. The van der Waals surface area contributed by atoms with Crippen molar-refractivity contribution in [1.82, 2.24) is 10.2 Å². The molecule has 1 N–H and O–H groups in total. The van der Waals surface area contributed by atoms with Crippen molar-refractivity contribution in [1.29, 1.82) is 0 Å². The summed E-state index contributed by atoms with van der Waals surface area (Å²) in [5, 5.41) is 3.64. The molecule has 0 bridgehead atoms. The van der Waals surface area contributed by atoms with Gasteiger partial charge in [-0.3, -0.25) is 4.79 Å². The minimum Gasteiger partial charge on any atom is -0.381 e. The number of piperidine rings is 1. The second-order valence-corrected chi connectivity index (χ2v) is 5.09. The molecule has 3 unspecified atom stereocenters. The molecule has 0 aromatic heterocycles. The first kappa shape index (κ1) is 11.9. The molecule has 4 heteroatoms. The number of hydrogen-bond acceptors (Lipinski definition) is 3. The van der Waals surface area contributed by atoms with Crippen LogP contribution in [-0.4, -0.2) is 49.7 Å². The lowest BCUT2D eigenvalue weighted by atomic mass is 9.97. The molecule has 1 amide bonds. The molecule has 0 aromatic rings. The number of likely N-dealkylation sites (N-methyl/N-ethyl adjacent to an activating group) is 1. The number of hydrogen-bond donors (Lipinski definition) is 1. The van der Waals surface area contributed by atoms with Gasteiger partial charge in [0.25, 0.3) is 0 Å². The molecular weight excluding hydrogens is 204 g/mol. The van der Waals surface area contributed by atoms with Crippen LogP contribution < -0.4 is 5.32 Å². The summed E-state index contributed by atoms with van der Waals surface area (Å²) in [4.78, 5) is 13.2. The van der Waals surface area contributed by atoms with Crippen molar-refractivity contribution in [2.24, 2.45) is 5.92 Å². The highest BCUT2D eigenvalue weighted by molar-refractivity contribution is 5.76. The van der Waals surface area contributed by atoms with Gasteiger partial charge in [-0.25, -0.2) is 0 Å². The van der Waals surface area contributed by atoms with Crippen LogP contribution >= 0.6 is 0 Å². The van der Waals surface area contributed by atoms with Gasteiger partial charge in [-0.05, 0) is 25.7 Å². The van der Waals surface area contributed by atoms with E-state index in [2.05, 4.69) is 12.2 Å². The van der Waals surface area contributed by atoms with Crippen molar-refractivity contribution in [3.05, 3.63) is 0 Å². The molecule has 3 atom stereocenters. The van der Waals surface area contributed by atoms with Crippen LogP contribution in [0, 0.1) is 5.92 Å². The summed E-state index contributed by atoms with van der Waals surface area (Å²) >= 11 is 0. The van der Waals surface area contributed by atoms with Crippen molar-refractivity contribution in [3.8, 4) is 0 Å². The van der Waals surface area contributed by atoms with E-state index in [4.69, 9.17) is 4.74 Å². The summed E-state index contributed by atoms with van der Waals surface area (Å²) < 4.78 is 5.40. The predicted molar refractivity (Wildman–Crippen MR) is 62.2 cm³/mol. The Hall–Kier alpha value is -0.610. The van der Waals surface area contributed by atoms with Crippen LogP contribution in [-0.2, 0) is 9.53 Å². The zero-order chi connectivity index (χ0) is 11.5. The van der Waals surface area contributed by atoms with Gasteiger partial charge in [0.1, 0.15) is 0 Å². The fraction of sp³-hybridized carbons (Fsp3) is 0.917. The highest BCUT2D eigenvalue weighted by Crippen LogP contribution is 2.18. The molecule has 0 aromatic carbocycles. The summed E-state index contributed by atoms with van der Waals surface area (Å²) in [6.45, 7) is 4.86. The molecule has 16 heavy (non-hydrogen) atoms. The van der Waals surface area contributed by atoms with Gasteiger partial charge in [0.2, 0.25) is 5.91 Å². The maximum Gasteiger partial charge on any atom is 0.222 e. The Kier molecular flexibility index (Phi) is 3.82. The SMILES string of the molecule is CC(NC1CCC(=O)N(C)C1)C1CCOC1. The molecule has 2 rings (SSSR count). The van der Waals surface area contributed by atoms with Gasteiger partial charge < -0.3 is 15.0 Å². The van der Waals surface area contributed by atoms with E-state index < -0.39 is 0 Å². The first-order valence-corrected chi connectivity index (χ1v) is 6.24. The zero-order valence-corrected chi connectivity index (χ0v) is 10.2. The van der Waals surface area contributed by atoms with E-state index in [0.29, 0.717) is 24.4 Å². The van der Waals surface area contributed by atoms with E-state index in [1.807, 2.05) is 11.9 Å². The number of carbonyl (C=O) groups excluding carboxylic acids is 1. The number of ether oxygens (including phenoxy) is 1. The van der Waals surface area contributed by atoms with Gasteiger partial charge in [0.15, 0.2) is 0 Å². The van der Waals surface area contributed by atoms with Crippen molar-refractivity contribution < 1.29 is 9.53 Å². The third-order valence-corrected chi connectivity index (χ3v) is 3.80. The summed E-state index contributed by atoms with van der Waals surface area (Å²) in [6, 6.07) is 0.951. The first-order valence-electron chi connectivity index (χ1n) is 6.24. The molecule has 4 nitrogen and oxygen atoms in total. The standard InChI is InChI=1S/C12H22N2O2/c1-9(10-5-6-16-8-10)13-11-3-4-12(15)14(2)7-11/h9-11,13H,3-8H2,1-2H3. The van der Waals surface area contributed by atoms with Gasteiger partial charge in [-0.2, -0.15) is 0 Å². The number of carbonyl (C=O) groups is 1. The van der Waals surface area contributed by atoms with E-state index in [1.54, 1.807) is 0 Å². The van der Waals surface area contributed by atoms with Crippen LogP contribution in [0.1, 0.15) is 26.2 Å². The average Bonchev–Trinajstić information content (AvgIpc) is 2.77. The molecule has 0 spiro atoms. The first-order chi connectivity index (χ1) is 7.66. The van der Waals surface area contributed by atoms with E-state index in [-0.39, 0.29) is 5.91 Å². The third kappa shape index (κ3) is 2.74. The van der Waals surface area contributed by atoms with E-state index in [9.17, 15) is 4.79 Å². The summed E-state index contributed by atoms with van der Waals surface area (Å²) in [5.74, 6) is 0.915. The van der Waals surface area contributed by atoms with Crippen molar-refractivity contribution >= 4 is 5.91 Å². The van der Waals surface area contributed by atoms with Crippen LogP contribution in [0.5, 0.6) is 0 Å². The van der Waals surface area contributed by atoms with E-state index in [0.717, 1.165) is 32.6 Å². The number of likely N-dealkylation sites (tertiary alicyclic amines) is 1. The highest BCUT2D eigenvalue weighted by atomic mass is 16.5. The fourth-order valence-electron chi connectivity index (χ4n) is 2.60. The highest BCUT2D eigenvalue weighted by Gasteiger charge is 2.27. The fourth-order valence-corrected chi connectivity index (χ4v) is 2.60. The van der Waals surface area contributed by atoms with Gasteiger partial charge in [-0.15, -0.1) is 0 Å². The average molecular weight is 226 g/mol. The molecule has 2 saturated heterocycles. The quantitative estimate of drug-likeness (QED) is 0.767. The molecule has 2 aliphatic rings. The third-order valence-electron chi connectivity index (χ3n) is 3.80. The Bertz CT molecular complexity index is 251. The monoisotopic (exact) mass is 226 g/mol. The summed E-state index contributed by atoms with van der Waals surface area (Å²) in [7, 11) is 1.89. The largest absolute Gasteiger partial charge is 0.381 e. The normalized spacial score (nSPS) is 33.1. The molecule has 2 heterocycles. The Morgan fingerprint density at radius 3 is 2.94 bits per heavy atom. The molecule has 0 radical (unpaired) electrons. The lowest BCUT2D eigenvalue weighted by Gasteiger charge is -2.33. The van der Waals surface area contributed by atoms with Crippen LogP contribution in [0.3, 0.4) is 0 Å². The van der Waals surface area contributed by atoms with Gasteiger partial charge in [0, 0.05) is 38.7 Å². The van der Waals surface area contributed by atoms with Gasteiger partial charge >= 0.3 is 0 Å². The molecule has 0 saturated carbocycles. The minimum atomic E-state index is 0.273. The van der Waals surface area contributed by atoms with Crippen LogP contribution in [0.15, 0.2) is 0 Å².